The van der Waals surface area contributed by atoms with Gasteiger partial charge in [-0.25, -0.2) is 0 Å². The summed E-state index contributed by atoms with van der Waals surface area (Å²) in [5.41, 5.74) is 6.65. The van der Waals surface area contributed by atoms with Crippen LogP contribution in [0.5, 0.6) is 5.75 Å². The van der Waals surface area contributed by atoms with Crippen molar-refractivity contribution in [1.82, 2.24) is 0 Å². The highest BCUT2D eigenvalue weighted by Gasteiger charge is 2.13. The molecule has 0 aliphatic heterocycles. The first-order chi connectivity index (χ1) is 12.7. The lowest BCUT2D eigenvalue weighted by atomic mass is 9.89. The minimum atomic E-state index is 0.267. The van der Waals surface area contributed by atoms with E-state index in [9.17, 15) is 5.11 Å². The van der Waals surface area contributed by atoms with E-state index in [1.165, 1.54) is 0 Å². The Morgan fingerprint density at radius 3 is 1.81 bits per heavy atom. The second kappa shape index (κ2) is 7.19. The van der Waals surface area contributed by atoms with Gasteiger partial charge in [0.2, 0.25) is 0 Å². The highest BCUT2D eigenvalue weighted by Crippen LogP contribution is 2.39. The molecule has 0 amide bonds. The van der Waals surface area contributed by atoms with Gasteiger partial charge in [0.1, 0.15) is 5.75 Å². The lowest BCUT2D eigenvalue weighted by Gasteiger charge is -2.15. The molecule has 2 heteroatoms. The van der Waals surface area contributed by atoms with Gasteiger partial charge in [0, 0.05) is 4.47 Å². The smallest absolute Gasteiger partial charge is 0.116 e. The topological polar surface area (TPSA) is 20.2 Å². The molecule has 4 aromatic carbocycles. The van der Waals surface area contributed by atoms with Crippen LogP contribution in [0.3, 0.4) is 0 Å². The second-order valence-corrected chi connectivity index (χ2v) is 7.06. The summed E-state index contributed by atoms with van der Waals surface area (Å²) in [6.45, 7) is 0. The van der Waals surface area contributed by atoms with Gasteiger partial charge >= 0.3 is 0 Å². The van der Waals surface area contributed by atoms with Crippen molar-refractivity contribution in [3.05, 3.63) is 102 Å². The molecule has 4 rings (SSSR count). The van der Waals surface area contributed by atoms with E-state index in [1.807, 2.05) is 54.6 Å². The fourth-order valence-electron chi connectivity index (χ4n) is 3.22. The van der Waals surface area contributed by atoms with Crippen LogP contribution in [0.25, 0.3) is 33.4 Å². The van der Waals surface area contributed by atoms with Crippen LogP contribution in [0.15, 0.2) is 102 Å². The summed E-state index contributed by atoms with van der Waals surface area (Å²) in [7, 11) is 0. The maximum atomic E-state index is 10.1. The Morgan fingerprint density at radius 1 is 0.500 bits per heavy atom. The number of aromatic hydroxyl groups is 1. The van der Waals surface area contributed by atoms with E-state index in [0.29, 0.717) is 0 Å². The van der Waals surface area contributed by atoms with Crippen LogP contribution in [0, 0.1) is 0 Å². The highest BCUT2D eigenvalue weighted by molar-refractivity contribution is 9.10. The van der Waals surface area contributed by atoms with Gasteiger partial charge in [-0.05, 0) is 57.6 Å². The van der Waals surface area contributed by atoms with E-state index in [1.54, 1.807) is 6.07 Å². The van der Waals surface area contributed by atoms with Gasteiger partial charge in [-0.1, -0.05) is 88.7 Å². The third-order valence-corrected chi connectivity index (χ3v) is 4.99. The lowest BCUT2D eigenvalue weighted by Crippen LogP contribution is -1.89. The number of phenols is 1. The molecule has 0 radical (unpaired) electrons. The zero-order chi connectivity index (χ0) is 17.9. The molecule has 26 heavy (non-hydrogen) atoms. The van der Waals surface area contributed by atoms with Crippen molar-refractivity contribution in [2.24, 2.45) is 0 Å². The van der Waals surface area contributed by atoms with Gasteiger partial charge in [0.15, 0.2) is 0 Å². The number of phenolic OH excluding ortho intramolecular Hbond substituents is 1. The normalized spacial score (nSPS) is 10.7. The summed E-state index contributed by atoms with van der Waals surface area (Å²) in [4.78, 5) is 0. The van der Waals surface area contributed by atoms with Crippen LogP contribution in [0.4, 0.5) is 0 Å². The third-order valence-electron chi connectivity index (χ3n) is 4.46. The van der Waals surface area contributed by atoms with Crippen LogP contribution < -0.4 is 0 Å². The average molecular weight is 401 g/mol. The van der Waals surface area contributed by atoms with Crippen molar-refractivity contribution in [3.63, 3.8) is 0 Å². The molecule has 0 fully saturated rings. The SMILES string of the molecule is Oc1ccc(-c2ccc(Br)cc2)c(-c2ccccc2-c2ccccc2)c1. The Bertz CT molecular complexity index is 1040. The van der Waals surface area contributed by atoms with Crippen molar-refractivity contribution >= 4 is 15.9 Å². The van der Waals surface area contributed by atoms with Crippen LogP contribution in [0.1, 0.15) is 0 Å². The molecule has 0 saturated heterocycles. The standard InChI is InChI=1S/C24H17BrO/c25-19-12-10-18(11-13-19)22-15-14-20(26)16-24(22)23-9-5-4-8-21(23)17-6-2-1-3-7-17/h1-16,26H. The predicted octanol–water partition coefficient (Wildman–Crippen LogP) is 7.16. The van der Waals surface area contributed by atoms with Crippen molar-refractivity contribution in [1.29, 1.82) is 0 Å². The summed E-state index contributed by atoms with van der Waals surface area (Å²) >= 11 is 3.50. The van der Waals surface area contributed by atoms with Gasteiger partial charge in [-0.3, -0.25) is 0 Å². The third kappa shape index (κ3) is 3.29. The van der Waals surface area contributed by atoms with Crippen LogP contribution >= 0.6 is 15.9 Å². The fourth-order valence-corrected chi connectivity index (χ4v) is 3.49. The van der Waals surface area contributed by atoms with Gasteiger partial charge in [-0.2, -0.15) is 0 Å². The van der Waals surface area contributed by atoms with E-state index in [2.05, 4.69) is 52.3 Å². The number of halogens is 1. The zero-order valence-corrected chi connectivity index (χ0v) is 15.6. The first kappa shape index (κ1) is 16.6. The Hall–Kier alpha value is -2.84. The average Bonchev–Trinajstić information content (AvgIpc) is 2.69. The maximum absolute atomic E-state index is 10.1. The molecule has 0 saturated carbocycles. The van der Waals surface area contributed by atoms with E-state index in [4.69, 9.17) is 0 Å². The van der Waals surface area contributed by atoms with Gasteiger partial charge < -0.3 is 5.11 Å². The number of rotatable bonds is 3. The molecule has 0 heterocycles. The van der Waals surface area contributed by atoms with Crippen molar-refractivity contribution < 1.29 is 5.11 Å². The largest absolute Gasteiger partial charge is 0.508 e. The summed E-state index contributed by atoms with van der Waals surface area (Å²) in [5, 5.41) is 10.1. The maximum Gasteiger partial charge on any atom is 0.116 e. The molecule has 0 unspecified atom stereocenters. The number of benzene rings is 4. The molecule has 0 bridgehead atoms. The summed E-state index contributed by atoms with van der Waals surface area (Å²) < 4.78 is 1.05. The van der Waals surface area contributed by atoms with Crippen molar-refractivity contribution in [3.8, 4) is 39.1 Å². The molecule has 0 aromatic heterocycles. The predicted molar refractivity (Wildman–Crippen MR) is 112 cm³/mol. The Morgan fingerprint density at radius 2 is 1.08 bits per heavy atom. The molecule has 0 aliphatic carbocycles. The molecule has 0 atom stereocenters. The molecule has 1 N–H and O–H groups in total. The van der Waals surface area contributed by atoms with Crippen molar-refractivity contribution in [2.45, 2.75) is 0 Å². The molecule has 4 aromatic rings. The van der Waals surface area contributed by atoms with E-state index in [-0.39, 0.29) is 5.75 Å². The minimum absolute atomic E-state index is 0.267. The summed E-state index contributed by atoms with van der Waals surface area (Å²) in [6, 6.07) is 32.5. The minimum Gasteiger partial charge on any atom is -0.508 e. The number of hydrogen-bond donors (Lipinski definition) is 1. The van der Waals surface area contributed by atoms with E-state index >= 15 is 0 Å². The first-order valence-corrected chi connectivity index (χ1v) is 9.25. The van der Waals surface area contributed by atoms with Gasteiger partial charge in [-0.15, -0.1) is 0 Å². The summed E-state index contributed by atoms with van der Waals surface area (Å²) in [5.74, 6) is 0.267. The molecular formula is C24H17BrO. The highest BCUT2D eigenvalue weighted by atomic mass is 79.9. The Labute approximate surface area is 161 Å². The second-order valence-electron chi connectivity index (χ2n) is 6.15. The van der Waals surface area contributed by atoms with Gasteiger partial charge in [0.25, 0.3) is 0 Å². The molecular weight excluding hydrogens is 384 g/mol. The quantitative estimate of drug-likeness (QED) is 0.386. The van der Waals surface area contributed by atoms with Crippen molar-refractivity contribution in [2.75, 3.05) is 0 Å². The van der Waals surface area contributed by atoms with Crippen LogP contribution in [-0.4, -0.2) is 5.11 Å². The molecule has 126 valence electrons. The first-order valence-electron chi connectivity index (χ1n) is 8.46. The zero-order valence-electron chi connectivity index (χ0n) is 14.1. The van der Waals surface area contributed by atoms with E-state index < -0.39 is 0 Å². The Kier molecular flexibility index (Phi) is 4.59. The van der Waals surface area contributed by atoms with Crippen LogP contribution in [0.2, 0.25) is 0 Å². The summed E-state index contributed by atoms with van der Waals surface area (Å²) in [6.07, 6.45) is 0. The van der Waals surface area contributed by atoms with Crippen LogP contribution in [-0.2, 0) is 0 Å². The number of hydrogen-bond acceptors (Lipinski definition) is 1. The molecule has 0 spiro atoms. The Balaban J connectivity index is 1.95. The van der Waals surface area contributed by atoms with Gasteiger partial charge in [0.05, 0.1) is 0 Å². The molecule has 0 aliphatic rings. The van der Waals surface area contributed by atoms with E-state index in [0.717, 1.165) is 37.9 Å². The molecule has 1 nitrogen and oxygen atoms in total. The monoisotopic (exact) mass is 400 g/mol. The fraction of sp³-hybridized carbons (Fsp3) is 0. The lowest BCUT2D eigenvalue weighted by molar-refractivity contribution is 0.475.